The van der Waals surface area contributed by atoms with E-state index in [1.807, 2.05) is 44.2 Å². The van der Waals surface area contributed by atoms with Crippen LogP contribution in [0.5, 0.6) is 5.75 Å². The summed E-state index contributed by atoms with van der Waals surface area (Å²) in [6.45, 7) is 4.72. The Kier molecular flexibility index (Phi) is 5.24. The summed E-state index contributed by atoms with van der Waals surface area (Å²) in [6, 6.07) is 14.7. The largest absolute Gasteiger partial charge is 0.508 e. The van der Waals surface area contributed by atoms with E-state index < -0.39 is 0 Å². The van der Waals surface area contributed by atoms with Gasteiger partial charge in [-0.3, -0.25) is 9.69 Å². The van der Waals surface area contributed by atoms with Crippen molar-refractivity contribution in [2.45, 2.75) is 20.3 Å². The molecule has 4 nitrogen and oxygen atoms in total. The topological polar surface area (TPSA) is 52.9 Å². The molecule has 1 aliphatic rings. The van der Waals surface area contributed by atoms with Gasteiger partial charge in [0.1, 0.15) is 5.75 Å². The summed E-state index contributed by atoms with van der Waals surface area (Å²) in [5.74, 6) is 0.188. The number of aryl methyl sites for hydroxylation is 1. The maximum absolute atomic E-state index is 12.7. The van der Waals surface area contributed by atoms with Gasteiger partial charge in [0.05, 0.1) is 10.6 Å². The molecule has 3 rings (SSSR count). The van der Waals surface area contributed by atoms with Crippen molar-refractivity contribution in [1.82, 2.24) is 4.90 Å². The number of carbonyl (C=O) groups excluding carboxylic acids is 1. The monoisotopic (exact) mass is 352 g/mol. The Hall–Kier alpha value is -2.53. The Morgan fingerprint density at radius 3 is 2.44 bits per heavy atom. The molecule has 5 heteroatoms. The van der Waals surface area contributed by atoms with E-state index >= 15 is 0 Å². The highest BCUT2D eigenvalue weighted by Crippen LogP contribution is 2.34. The number of hydrogen-bond donors (Lipinski definition) is 1. The number of phenols is 1. The number of aromatic hydroxyl groups is 1. The van der Waals surface area contributed by atoms with E-state index in [0.717, 1.165) is 17.7 Å². The zero-order valence-corrected chi connectivity index (χ0v) is 15.1. The highest BCUT2D eigenvalue weighted by Gasteiger charge is 2.32. The zero-order valence-electron chi connectivity index (χ0n) is 14.3. The molecule has 0 aliphatic carbocycles. The SMILES string of the molecule is CCCN1C(=O)/C(=C\c2ccc(O)cc2)SC1=Nc1ccc(C)cc1. The third kappa shape index (κ3) is 4.12. The van der Waals surface area contributed by atoms with E-state index in [9.17, 15) is 9.90 Å². The van der Waals surface area contributed by atoms with Crippen molar-refractivity contribution in [2.24, 2.45) is 4.99 Å². The molecule has 1 N–H and O–H groups in total. The van der Waals surface area contributed by atoms with Gasteiger partial charge in [-0.1, -0.05) is 36.8 Å². The minimum absolute atomic E-state index is 0.0224. The molecular formula is C20H20N2O2S. The molecule has 1 heterocycles. The van der Waals surface area contributed by atoms with Gasteiger partial charge >= 0.3 is 0 Å². The van der Waals surface area contributed by atoms with Crippen LogP contribution in [0.1, 0.15) is 24.5 Å². The molecule has 0 radical (unpaired) electrons. The number of thioether (sulfide) groups is 1. The van der Waals surface area contributed by atoms with Gasteiger partial charge in [0.25, 0.3) is 5.91 Å². The lowest BCUT2D eigenvalue weighted by molar-refractivity contribution is -0.122. The number of phenolic OH excluding ortho intramolecular Hbond substituents is 1. The molecule has 0 atom stereocenters. The van der Waals surface area contributed by atoms with Gasteiger partial charge < -0.3 is 5.11 Å². The number of amidine groups is 1. The van der Waals surface area contributed by atoms with Crippen molar-refractivity contribution < 1.29 is 9.90 Å². The molecule has 0 aromatic heterocycles. The number of hydrogen-bond acceptors (Lipinski definition) is 4. The summed E-state index contributed by atoms with van der Waals surface area (Å²) in [5.41, 5.74) is 2.90. The van der Waals surface area contributed by atoms with Crippen LogP contribution in [0.4, 0.5) is 5.69 Å². The first-order valence-electron chi connectivity index (χ1n) is 8.22. The lowest BCUT2D eigenvalue weighted by Crippen LogP contribution is -2.29. The maximum atomic E-state index is 12.7. The molecule has 1 fully saturated rings. The van der Waals surface area contributed by atoms with Crippen LogP contribution >= 0.6 is 11.8 Å². The Balaban J connectivity index is 1.91. The predicted octanol–water partition coefficient (Wildman–Crippen LogP) is 4.71. The van der Waals surface area contributed by atoms with Crippen LogP contribution in [-0.2, 0) is 4.79 Å². The smallest absolute Gasteiger partial charge is 0.266 e. The van der Waals surface area contributed by atoms with Gasteiger partial charge in [-0.05, 0) is 61.0 Å². The summed E-state index contributed by atoms with van der Waals surface area (Å²) in [4.78, 5) is 19.8. The predicted molar refractivity (Wildman–Crippen MR) is 104 cm³/mol. The van der Waals surface area contributed by atoms with Crippen molar-refractivity contribution in [1.29, 1.82) is 0 Å². The second kappa shape index (κ2) is 7.57. The van der Waals surface area contributed by atoms with Gasteiger partial charge in [-0.15, -0.1) is 0 Å². The number of carbonyl (C=O) groups is 1. The van der Waals surface area contributed by atoms with E-state index in [1.165, 1.54) is 17.3 Å². The first-order valence-corrected chi connectivity index (χ1v) is 9.04. The molecule has 2 aromatic carbocycles. The van der Waals surface area contributed by atoms with Gasteiger partial charge in [-0.2, -0.15) is 0 Å². The van der Waals surface area contributed by atoms with Crippen LogP contribution in [-0.4, -0.2) is 27.6 Å². The minimum Gasteiger partial charge on any atom is -0.508 e. The van der Waals surface area contributed by atoms with Gasteiger partial charge in [0.15, 0.2) is 5.17 Å². The van der Waals surface area contributed by atoms with E-state index in [-0.39, 0.29) is 11.7 Å². The third-order valence-corrected chi connectivity index (χ3v) is 4.79. The fourth-order valence-electron chi connectivity index (χ4n) is 2.46. The average Bonchev–Trinajstić information content (AvgIpc) is 2.88. The second-order valence-electron chi connectivity index (χ2n) is 5.89. The first kappa shape index (κ1) is 17.3. The lowest BCUT2D eigenvalue weighted by Gasteiger charge is -2.13. The van der Waals surface area contributed by atoms with Crippen molar-refractivity contribution in [3.63, 3.8) is 0 Å². The van der Waals surface area contributed by atoms with Crippen LogP contribution in [0.3, 0.4) is 0 Å². The third-order valence-electron chi connectivity index (χ3n) is 3.78. The standard InChI is InChI=1S/C20H20N2O2S/c1-3-12-22-19(24)18(13-15-6-10-17(23)11-7-15)25-20(22)21-16-8-4-14(2)5-9-16/h4-11,13,23H,3,12H2,1-2H3/b18-13+,21-20?. The normalized spacial score (nSPS) is 17.7. The molecule has 2 aromatic rings. The van der Waals surface area contributed by atoms with E-state index in [1.54, 1.807) is 29.2 Å². The van der Waals surface area contributed by atoms with E-state index in [2.05, 4.69) is 4.99 Å². The van der Waals surface area contributed by atoms with Crippen molar-refractivity contribution in [3.05, 3.63) is 64.6 Å². The van der Waals surface area contributed by atoms with E-state index in [4.69, 9.17) is 0 Å². The highest BCUT2D eigenvalue weighted by molar-refractivity contribution is 8.18. The van der Waals surface area contributed by atoms with Gasteiger partial charge in [0, 0.05) is 6.54 Å². The summed E-state index contributed by atoms with van der Waals surface area (Å²) >= 11 is 1.39. The highest BCUT2D eigenvalue weighted by atomic mass is 32.2. The summed E-state index contributed by atoms with van der Waals surface area (Å²) in [6.07, 6.45) is 2.71. The maximum Gasteiger partial charge on any atom is 0.266 e. The second-order valence-corrected chi connectivity index (χ2v) is 6.90. The fourth-order valence-corrected chi connectivity index (χ4v) is 3.49. The van der Waals surface area contributed by atoms with Crippen LogP contribution in [0.15, 0.2) is 58.4 Å². The van der Waals surface area contributed by atoms with Crippen molar-refractivity contribution in [3.8, 4) is 5.75 Å². The number of nitrogens with zero attached hydrogens (tertiary/aromatic N) is 2. The molecule has 1 aliphatic heterocycles. The average molecular weight is 352 g/mol. The van der Waals surface area contributed by atoms with Gasteiger partial charge in [-0.25, -0.2) is 4.99 Å². The molecule has 0 unspecified atom stereocenters. The van der Waals surface area contributed by atoms with Gasteiger partial charge in [0.2, 0.25) is 0 Å². The van der Waals surface area contributed by atoms with Crippen LogP contribution in [0, 0.1) is 6.92 Å². The molecular weight excluding hydrogens is 332 g/mol. The summed E-state index contributed by atoms with van der Waals surface area (Å²) in [5, 5.41) is 10.1. The van der Waals surface area contributed by atoms with Crippen LogP contribution in [0.2, 0.25) is 0 Å². The Morgan fingerprint density at radius 2 is 1.80 bits per heavy atom. The Labute approximate surface area is 151 Å². The van der Waals surface area contributed by atoms with E-state index in [0.29, 0.717) is 16.6 Å². The Bertz CT molecular complexity index is 824. The van der Waals surface area contributed by atoms with Crippen molar-refractivity contribution in [2.75, 3.05) is 6.54 Å². The Morgan fingerprint density at radius 1 is 1.12 bits per heavy atom. The number of aliphatic imine (C=N–C) groups is 1. The zero-order chi connectivity index (χ0) is 17.8. The number of amides is 1. The summed E-state index contributed by atoms with van der Waals surface area (Å²) < 4.78 is 0. The van der Waals surface area contributed by atoms with Crippen LogP contribution < -0.4 is 0 Å². The molecule has 1 saturated heterocycles. The number of benzene rings is 2. The molecule has 0 saturated carbocycles. The summed E-state index contributed by atoms with van der Waals surface area (Å²) in [7, 11) is 0. The molecule has 0 bridgehead atoms. The lowest BCUT2D eigenvalue weighted by atomic mass is 10.2. The quantitative estimate of drug-likeness (QED) is 0.811. The van der Waals surface area contributed by atoms with Crippen LogP contribution in [0.25, 0.3) is 6.08 Å². The molecule has 0 spiro atoms. The van der Waals surface area contributed by atoms with Crippen molar-refractivity contribution >= 4 is 34.6 Å². The fraction of sp³-hybridized carbons (Fsp3) is 0.200. The first-order chi connectivity index (χ1) is 12.1. The molecule has 128 valence electrons. The molecule has 1 amide bonds. The minimum atomic E-state index is -0.0224. The molecule has 25 heavy (non-hydrogen) atoms. The number of rotatable bonds is 4.